The van der Waals surface area contributed by atoms with Gasteiger partial charge in [0.25, 0.3) is 0 Å². The van der Waals surface area contributed by atoms with E-state index in [1.165, 1.54) is 22.4 Å². The van der Waals surface area contributed by atoms with E-state index in [1.54, 1.807) is 0 Å². The monoisotopic (exact) mass is 446 g/mol. The van der Waals surface area contributed by atoms with Crippen LogP contribution in [0.5, 0.6) is 0 Å². The molecular formula is C28H34N2O3. The van der Waals surface area contributed by atoms with Gasteiger partial charge in [-0.3, -0.25) is 4.68 Å². The third-order valence-electron chi connectivity index (χ3n) is 6.76. The average Bonchev–Trinajstić information content (AvgIpc) is 3.19. The summed E-state index contributed by atoms with van der Waals surface area (Å²) in [5.74, 6) is 0.153. The molecule has 0 aliphatic heterocycles. The van der Waals surface area contributed by atoms with Crippen molar-refractivity contribution in [1.29, 1.82) is 0 Å². The number of aromatic nitrogens is 2. The van der Waals surface area contributed by atoms with Crippen LogP contribution in [0.4, 0.5) is 0 Å². The van der Waals surface area contributed by atoms with E-state index in [0.29, 0.717) is 18.4 Å². The van der Waals surface area contributed by atoms with E-state index in [9.17, 15) is 4.79 Å². The summed E-state index contributed by atoms with van der Waals surface area (Å²) >= 11 is 0. The van der Waals surface area contributed by atoms with Crippen LogP contribution in [0.2, 0.25) is 0 Å². The molecule has 1 aliphatic carbocycles. The van der Waals surface area contributed by atoms with Crippen molar-refractivity contribution in [2.45, 2.75) is 52.5 Å². The molecule has 0 amide bonds. The van der Waals surface area contributed by atoms with Gasteiger partial charge in [-0.1, -0.05) is 67.1 Å². The van der Waals surface area contributed by atoms with Crippen molar-refractivity contribution in [3.63, 3.8) is 0 Å². The number of hydrogen-bond donors (Lipinski definition) is 1. The quantitative estimate of drug-likeness (QED) is 0.438. The lowest BCUT2D eigenvalue weighted by Crippen LogP contribution is -2.23. The van der Waals surface area contributed by atoms with Crippen molar-refractivity contribution in [3.8, 4) is 22.4 Å². The van der Waals surface area contributed by atoms with Gasteiger partial charge in [0.05, 0.1) is 6.61 Å². The summed E-state index contributed by atoms with van der Waals surface area (Å²) in [5.41, 5.74) is 7.23. The van der Waals surface area contributed by atoms with Crippen LogP contribution in [-0.4, -0.2) is 34.1 Å². The second kappa shape index (κ2) is 10.8. The fourth-order valence-corrected chi connectivity index (χ4v) is 4.97. The van der Waals surface area contributed by atoms with Gasteiger partial charge in [-0.15, -0.1) is 0 Å². The SMILES string of the molecule is CCc1c(-c2ccccc2)c(-c2ccc(C)cc2)nn1C[C@H]1CC[C@H](COCC(=O)O)CC1. The first-order valence-electron chi connectivity index (χ1n) is 12.1. The Morgan fingerprint density at radius 3 is 2.30 bits per heavy atom. The number of rotatable bonds is 9. The maximum Gasteiger partial charge on any atom is 0.329 e. The number of aryl methyl sites for hydroxylation is 1. The number of carboxylic acids is 1. The molecule has 0 unspecified atom stereocenters. The van der Waals surface area contributed by atoms with Crippen LogP contribution < -0.4 is 0 Å². The fourth-order valence-electron chi connectivity index (χ4n) is 4.97. The van der Waals surface area contributed by atoms with Crippen molar-refractivity contribution in [1.82, 2.24) is 9.78 Å². The smallest absolute Gasteiger partial charge is 0.329 e. The number of nitrogens with zero attached hydrogens (tertiary/aromatic N) is 2. The third kappa shape index (κ3) is 5.72. The topological polar surface area (TPSA) is 64.4 Å². The Bertz CT molecular complexity index is 1050. The van der Waals surface area contributed by atoms with Crippen LogP contribution in [-0.2, 0) is 22.5 Å². The van der Waals surface area contributed by atoms with Crippen molar-refractivity contribution in [2.75, 3.05) is 13.2 Å². The Morgan fingerprint density at radius 1 is 1.00 bits per heavy atom. The lowest BCUT2D eigenvalue weighted by Gasteiger charge is -2.28. The lowest BCUT2D eigenvalue weighted by atomic mass is 9.82. The maximum atomic E-state index is 10.7. The summed E-state index contributed by atoms with van der Waals surface area (Å²) < 4.78 is 7.59. The molecule has 0 spiro atoms. The zero-order chi connectivity index (χ0) is 23.2. The van der Waals surface area contributed by atoms with Gasteiger partial charge in [0.1, 0.15) is 12.3 Å². The zero-order valence-corrected chi connectivity index (χ0v) is 19.7. The second-order valence-electron chi connectivity index (χ2n) is 9.23. The van der Waals surface area contributed by atoms with E-state index in [0.717, 1.165) is 49.9 Å². The molecule has 1 heterocycles. The molecule has 1 aromatic heterocycles. The second-order valence-corrected chi connectivity index (χ2v) is 9.23. The summed E-state index contributed by atoms with van der Waals surface area (Å²) in [4.78, 5) is 10.7. The van der Waals surface area contributed by atoms with Gasteiger partial charge >= 0.3 is 5.97 Å². The van der Waals surface area contributed by atoms with Crippen LogP contribution in [0.1, 0.15) is 43.9 Å². The summed E-state index contributed by atoms with van der Waals surface area (Å²) in [6, 6.07) is 19.3. The third-order valence-corrected chi connectivity index (χ3v) is 6.76. The molecule has 1 N–H and O–H groups in total. The Hall–Kier alpha value is -2.92. The normalized spacial score (nSPS) is 18.4. The molecule has 174 valence electrons. The Kier molecular flexibility index (Phi) is 7.61. The zero-order valence-electron chi connectivity index (χ0n) is 19.7. The van der Waals surface area contributed by atoms with Crippen LogP contribution in [0.3, 0.4) is 0 Å². The summed E-state index contributed by atoms with van der Waals surface area (Å²) in [6.07, 6.45) is 5.36. The van der Waals surface area contributed by atoms with Crippen molar-refractivity contribution >= 4 is 5.97 Å². The number of ether oxygens (including phenoxy) is 1. The minimum absolute atomic E-state index is 0.197. The molecule has 5 nitrogen and oxygen atoms in total. The van der Waals surface area contributed by atoms with E-state index >= 15 is 0 Å². The van der Waals surface area contributed by atoms with Crippen LogP contribution in [0.25, 0.3) is 22.4 Å². The minimum atomic E-state index is -0.895. The van der Waals surface area contributed by atoms with Crippen LogP contribution in [0.15, 0.2) is 54.6 Å². The summed E-state index contributed by atoms with van der Waals surface area (Å²) in [5, 5.41) is 13.9. The molecule has 5 heteroatoms. The predicted octanol–water partition coefficient (Wildman–Crippen LogP) is 6.00. The van der Waals surface area contributed by atoms with E-state index < -0.39 is 5.97 Å². The van der Waals surface area contributed by atoms with E-state index in [4.69, 9.17) is 14.9 Å². The highest BCUT2D eigenvalue weighted by Gasteiger charge is 2.25. The number of hydrogen-bond acceptors (Lipinski definition) is 3. The molecule has 0 radical (unpaired) electrons. The number of carboxylic acid groups (broad SMARTS) is 1. The van der Waals surface area contributed by atoms with Gasteiger partial charge in [0.15, 0.2) is 0 Å². The standard InChI is InChI=1S/C28H34N2O3/c1-3-25-27(23-7-5-4-6-8-23)28(24-15-9-20(2)10-16-24)29-30(25)17-21-11-13-22(14-12-21)18-33-19-26(31)32/h4-10,15-16,21-22H,3,11-14,17-19H2,1-2H3,(H,31,32)/t21-,22-. The molecule has 1 fully saturated rings. The maximum absolute atomic E-state index is 10.7. The van der Waals surface area contributed by atoms with Crippen molar-refractivity contribution in [3.05, 3.63) is 65.9 Å². The highest BCUT2D eigenvalue weighted by molar-refractivity contribution is 5.82. The molecule has 2 aromatic carbocycles. The number of benzene rings is 2. The first kappa shape index (κ1) is 23.2. The first-order valence-corrected chi connectivity index (χ1v) is 12.1. The first-order chi connectivity index (χ1) is 16.0. The summed E-state index contributed by atoms with van der Waals surface area (Å²) in [7, 11) is 0. The molecule has 33 heavy (non-hydrogen) atoms. The van der Waals surface area contributed by atoms with E-state index in [2.05, 4.69) is 73.1 Å². The van der Waals surface area contributed by atoms with Crippen molar-refractivity contribution < 1.29 is 14.6 Å². The van der Waals surface area contributed by atoms with Gasteiger partial charge in [0, 0.05) is 23.4 Å². The Balaban J connectivity index is 1.55. The minimum Gasteiger partial charge on any atom is -0.480 e. The lowest BCUT2D eigenvalue weighted by molar-refractivity contribution is -0.142. The van der Waals surface area contributed by atoms with Gasteiger partial charge in [-0.2, -0.15) is 5.10 Å². The van der Waals surface area contributed by atoms with Gasteiger partial charge in [-0.25, -0.2) is 4.79 Å². The molecular weight excluding hydrogens is 412 g/mol. The van der Waals surface area contributed by atoms with Gasteiger partial charge in [-0.05, 0) is 56.4 Å². The number of aliphatic carboxylic acids is 1. The van der Waals surface area contributed by atoms with E-state index in [1.807, 2.05) is 0 Å². The van der Waals surface area contributed by atoms with Crippen LogP contribution >= 0.6 is 0 Å². The molecule has 0 atom stereocenters. The Morgan fingerprint density at radius 2 is 1.67 bits per heavy atom. The van der Waals surface area contributed by atoms with Gasteiger partial charge in [0.2, 0.25) is 0 Å². The van der Waals surface area contributed by atoms with E-state index in [-0.39, 0.29) is 6.61 Å². The largest absolute Gasteiger partial charge is 0.480 e. The molecule has 1 aliphatic rings. The molecule has 0 saturated heterocycles. The number of carbonyl (C=O) groups is 1. The molecule has 4 rings (SSSR count). The van der Waals surface area contributed by atoms with Gasteiger partial charge < -0.3 is 9.84 Å². The fraction of sp³-hybridized carbons (Fsp3) is 0.429. The average molecular weight is 447 g/mol. The van der Waals surface area contributed by atoms with Crippen molar-refractivity contribution in [2.24, 2.45) is 11.8 Å². The summed E-state index contributed by atoms with van der Waals surface area (Å²) in [6.45, 7) is 5.61. The highest BCUT2D eigenvalue weighted by atomic mass is 16.5. The highest BCUT2D eigenvalue weighted by Crippen LogP contribution is 2.37. The van der Waals surface area contributed by atoms with Crippen LogP contribution in [0, 0.1) is 18.8 Å². The molecule has 1 saturated carbocycles. The molecule has 3 aromatic rings. The predicted molar refractivity (Wildman–Crippen MR) is 131 cm³/mol. The molecule has 0 bridgehead atoms. The Labute approximate surface area is 196 Å².